The van der Waals surface area contributed by atoms with Gasteiger partial charge >= 0.3 is 11.9 Å². The number of rotatable bonds is 6. The lowest BCUT2D eigenvalue weighted by atomic mass is 10.1. The van der Waals surface area contributed by atoms with Gasteiger partial charge in [-0.1, -0.05) is 13.3 Å². The predicted molar refractivity (Wildman–Crippen MR) is 97.1 cm³/mol. The van der Waals surface area contributed by atoms with Crippen LogP contribution >= 0.6 is 11.3 Å². The third-order valence-electron chi connectivity index (χ3n) is 3.86. The number of amides is 1. The topological polar surface area (TPSA) is 98.2 Å². The number of carbonyl (C=O) groups is 3. The molecule has 25 heavy (non-hydrogen) atoms. The molecule has 2 heterocycles. The van der Waals surface area contributed by atoms with Crippen molar-refractivity contribution in [2.75, 3.05) is 31.1 Å². The van der Waals surface area contributed by atoms with Gasteiger partial charge in [-0.3, -0.25) is 4.79 Å². The fourth-order valence-electron chi connectivity index (χ4n) is 2.61. The second kappa shape index (κ2) is 11.6. The molecule has 0 radical (unpaired) electrons. The highest BCUT2D eigenvalue weighted by atomic mass is 32.1. The van der Waals surface area contributed by atoms with Gasteiger partial charge in [0.05, 0.1) is 5.00 Å². The summed E-state index contributed by atoms with van der Waals surface area (Å²) < 4.78 is 0. The predicted octanol–water partition coefficient (Wildman–Crippen LogP) is 2.52. The van der Waals surface area contributed by atoms with Crippen LogP contribution in [0.15, 0.2) is 17.5 Å². The Labute approximate surface area is 151 Å². The van der Waals surface area contributed by atoms with Crippen LogP contribution in [0.25, 0.3) is 0 Å². The molecule has 0 aromatic carbocycles. The number of carbonyl (C=O) groups excluding carboxylic acids is 1. The highest BCUT2D eigenvalue weighted by Gasteiger charge is 2.15. The second-order valence-electron chi connectivity index (χ2n) is 5.72. The van der Waals surface area contributed by atoms with E-state index >= 15 is 0 Å². The van der Waals surface area contributed by atoms with Crippen molar-refractivity contribution in [3.8, 4) is 0 Å². The molecule has 140 valence electrons. The van der Waals surface area contributed by atoms with E-state index in [0.717, 1.165) is 24.5 Å². The summed E-state index contributed by atoms with van der Waals surface area (Å²) in [4.78, 5) is 34.7. The molecule has 1 aromatic rings. The molecule has 1 amide bonds. The molecule has 1 saturated heterocycles. The first kappa shape index (κ1) is 21.1. The van der Waals surface area contributed by atoms with E-state index in [4.69, 9.17) is 19.8 Å². The summed E-state index contributed by atoms with van der Waals surface area (Å²) >= 11 is 1.65. The van der Waals surface area contributed by atoms with Gasteiger partial charge in [0.15, 0.2) is 0 Å². The third kappa shape index (κ3) is 8.13. The molecule has 0 spiro atoms. The number of piperidine rings is 1. The van der Waals surface area contributed by atoms with Crippen molar-refractivity contribution in [1.82, 2.24) is 4.90 Å². The number of carboxylic acid groups (broad SMARTS) is 2. The lowest BCUT2D eigenvalue weighted by molar-refractivity contribution is -0.159. The van der Waals surface area contributed by atoms with Gasteiger partial charge in [-0.15, -0.1) is 11.3 Å². The number of thiophene rings is 1. The SMILES string of the molecule is CCC(=O)N(CCCN1CCCCC1)c1cccs1.O=C(O)C(=O)O. The fourth-order valence-corrected chi connectivity index (χ4v) is 3.38. The molecule has 1 aromatic heterocycles. The van der Waals surface area contributed by atoms with E-state index in [0.29, 0.717) is 6.42 Å². The van der Waals surface area contributed by atoms with Crippen molar-refractivity contribution in [1.29, 1.82) is 0 Å². The van der Waals surface area contributed by atoms with E-state index in [9.17, 15) is 4.79 Å². The minimum Gasteiger partial charge on any atom is -0.473 e. The molecule has 1 aliphatic heterocycles. The zero-order valence-electron chi connectivity index (χ0n) is 14.5. The number of carboxylic acids is 2. The van der Waals surface area contributed by atoms with Crippen molar-refractivity contribution < 1.29 is 24.6 Å². The zero-order valence-corrected chi connectivity index (χ0v) is 15.3. The number of aliphatic carboxylic acids is 2. The van der Waals surface area contributed by atoms with Crippen LogP contribution in [0.2, 0.25) is 0 Å². The maximum Gasteiger partial charge on any atom is 0.414 e. The highest BCUT2D eigenvalue weighted by molar-refractivity contribution is 7.14. The van der Waals surface area contributed by atoms with E-state index in [2.05, 4.69) is 4.90 Å². The Hall–Kier alpha value is -1.93. The van der Waals surface area contributed by atoms with Gasteiger partial charge in [0, 0.05) is 13.0 Å². The number of likely N-dealkylation sites (tertiary alicyclic amines) is 1. The van der Waals surface area contributed by atoms with Gasteiger partial charge in [0.2, 0.25) is 5.91 Å². The van der Waals surface area contributed by atoms with Crippen LogP contribution in [-0.2, 0) is 14.4 Å². The van der Waals surface area contributed by atoms with Gasteiger partial charge in [-0.25, -0.2) is 9.59 Å². The van der Waals surface area contributed by atoms with Gasteiger partial charge in [-0.05, 0) is 56.4 Å². The van der Waals surface area contributed by atoms with Crippen molar-refractivity contribution >= 4 is 34.2 Å². The summed E-state index contributed by atoms with van der Waals surface area (Å²) in [5, 5.41) is 17.9. The standard InChI is InChI=1S/C15H24N2OS.C2H2O4/c1-2-14(18)17(15-8-6-13-19-15)12-7-11-16-9-4-3-5-10-16;3-1(4)2(5)6/h6,8,13H,2-5,7,9-12H2,1H3;(H,3,4)(H,5,6). The molecule has 0 unspecified atom stereocenters. The fraction of sp³-hybridized carbons (Fsp3) is 0.588. The van der Waals surface area contributed by atoms with Crippen LogP contribution in [0, 0.1) is 0 Å². The van der Waals surface area contributed by atoms with Crippen LogP contribution in [0.5, 0.6) is 0 Å². The van der Waals surface area contributed by atoms with Crippen molar-refractivity contribution in [3.05, 3.63) is 17.5 Å². The summed E-state index contributed by atoms with van der Waals surface area (Å²) in [6.07, 6.45) is 5.71. The first-order valence-corrected chi connectivity index (χ1v) is 9.36. The number of anilines is 1. The summed E-state index contributed by atoms with van der Waals surface area (Å²) in [5.41, 5.74) is 0. The van der Waals surface area contributed by atoms with Crippen LogP contribution < -0.4 is 4.90 Å². The van der Waals surface area contributed by atoms with E-state index in [1.54, 1.807) is 11.3 Å². The molecule has 2 rings (SSSR count). The average Bonchev–Trinajstić information content (AvgIpc) is 3.13. The molecule has 1 fully saturated rings. The Balaban J connectivity index is 0.000000450. The molecule has 1 aliphatic rings. The van der Waals surface area contributed by atoms with Crippen molar-refractivity contribution in [3.63, 3.8) is 0 Å². The minimum absolute atomic E-state index is 0.237. The summed E-state index contributed by atoms with van der Waals surface area (Å²) in [7, 11) is 0. The van der Waals surface area contributed by atoms with Crippen LogP contribution in [-0.4, -0.2) is 59.1 Å². The van der Waals surface area contributed by atoms with Crippen molar-refractivity contribution in [2.24, 2.45) is 0 Å². The maximum atomic E-state index is 12.0. The number of nitrogens with zero attached hydrogens (tertiary/aromatic N) is 2. The Bertz CT molecular complexity index is 529. The molecule has 0 saturated carbocycles. The zero-order chi connectivity index (χ0) is 18.7. The summed E-state index contributed by atoms with van der Waals surface area (Å²) in [5.74, 6) is -3.41. The number of hydrogen-bond acceptors (Lipinski definition) is 5. The molecular weight excluding hydrogens is 344 g/mol. The molecule has 0 aliphatic carbocycles. The molecular formula is C17H26N2O5S. The summed E-state index contributed by atoms with van der Waals surface area (Å²) in [6.45, 7) is 6.39. The Morgan fingerprint density at radius 1 is 1.16 bits per heavy atom. The third-order valence-corrected chi connectivity index (χ3v) is 4.75. The normalized spacial score (nSPS) is 14.3. The molecule has 7 nitrogen and oxygen atoms in total. The minimum atomic E-state index is -1.82. The Morgan fingerprint density at radius 2 is 1.80 bits per heavy atom. The average molecular weight is 370 g/mol. The molecule has 0 atom stereocenters. The first-order valence-electron chi connectivity index (χ1n) is 8.48. The first-order chi connectivity index (χ1) is 12.0. The van der Waals surface area contributed by atoms with E-state index in [1.807, 2.05) is 29.3 Å². The van der Waals surface area contributed by atoms with Crippen LogP contribution in [0.3, 0.4) is 0 Å². The lowest BCUT2D eigenvalue weighted by Gasteiger charge is -2.27. The Morgan fingerprint density at radius 3 is 2.28 bits per heavy atom. The van der Waals surface area contributed by atoms with Crippen LogP contribution in [0.1, 0.15) is 39.0 Å². The maximum absolute atomic E-state index is 12.0. The van der Waals surface area contributed by atoms with Crippen molar-refractivity contribution in [2.45, 2.75) is 39.0 Å². The second-order valence-corrected chi connectivity index (χ2v) is 6.64. The smallest absolute Gasteiger partial charge is 0.414 e. The van der Waals surface area contributed by atoms with Gasteiger partial charge in [0.1, 0.15) is 0 Å². The quantitative estimate of drug-likeness (QED) is 0.747. The largest absolute Gasteiger partial charge is 0.473 e. The van der Waals surface area contributed by atoms with E-state index < -0.39 is 11.9 Å². The molecule has 8 heteroatoms. The van der Waals surface area contributed by atoms with Gasteiger partial charge in [-0.2, -0.15) is 0 Å². The monoisotopic (exact) mass is 370 g/mol. The molecule has 2 N–H and O–H groups in total. The summed E-state index contributed by atoms with van der Waals surface area (Å²) in [6, 6.07) is 4.06. The lowest BCUT2D eigenvalue weighted by Crippen LogP contribution is -2.35. The molecule has 0 bridgehead atoms. The van der Waals surface area contributed by atoms with E-state index in [-0.39, 0.29) is 5.91 Å². The highest BCUT2D eigenvalue weighted by Crippen LogP contribution is 2.22. The van der Waals surface area contributed by atoms with E-state index in [1.165, 1.54) is 32.4 Å². The van der Waals surface area contributed by atoms with Gasteiger partial charge < -0.3 is 20.0 Å². The Kier molecular flexibility index (Phi) is 9.79. The van der Waals surface area contributed by atoms with Gasteiger partial charge in [0.25, 0.3) is 0 Å². The number of hydrogen-bond donors (Lipinski definition) is 2. The van der Waals surface area contributed by atoms with Crippen LogP contribution in [0.4, 0.5) is 5.00 Å².